The molecule has 0 amide bonds. The van der Waals surface area contributed by atoms with Crippen molar-refractivity contribution >= 4 is 6.29 Å². The van der Waals surface area contributed by atoms with Crippen LogP contribution in [-0.4, -0.2) is 44.5 Å². The molecule has 18 heavy (non-hydrogen) atoms. The average molecular weight is 249 g/mol. The zero-order chi connectivity index (χ0) is 12.8. The maximum absolute atomic E-state index is 11.0. The van der Waals surface area contributed by atoms with Crippen molar-refractivity contribution in [2.45, 2.75) is 12.8 Å². The van der Waals surface area contributed by atoms with E-state index in [2.05, 4.69) is 4.90 Å². The highest BCUT2D eigenvalue weighted by atomic mass is 16.5. The molecule has 4 nitrogen and oxygen atoms in total. The molecule has 1 saturated heterocycles. The van der Waals surface area contributed by atoms with E-state index in [1.54, 1.807) is 25.3 Å². The molecule has 1 aromatic rings. The summed E-state index contributed by atoms with van der Waals surface area (Å²) in [6, 6.07) is 5.28. The Bertz CT molecular complexity index is 400. The molecule has 0 N–H and O–H groups in total. The smallest absolute Gasteiger partial charge is 0.153 e. The van der Waals surface area contributed by atoms with Gasteiger partial charge in [0.05, 0.1) is 12.7 Å². The summed E-state index contributed by atoms with van der Waals surface area (Å²) in [5.74, 6) is 1.30. The Morgan fingerprint density at radius 2 is 2.11 bits per heavy atom. The maximum atomic E-state index is 11.0. The van der Waals surface area contributed by atoms with E-state index < -0.39 is 0 Å². The third-order valence-corrected chi connectivity index (χ3v) is 3.21. The molecule has 2 rings (SSSR count). The Morgan fingerprint density at radius 1 is 1.33 bits per heavy atom. The second-order valence-corrected chi connectivity index (χ2v) is 4.42. The van der Waals surface area contributed by atoms with E-state index >= 15 is 0 Å². The normalized spacial score (nSPS) is 15.6. The summed E-state index contributed by atoms with van der Waals surface area (Å²) in [5, 5.41) is 0. The summed E-state index contributed by atoms with van der Waals surface area (Å²) in [6.07, 6.45) is 3.36. The quantitative estimate of drug-likeness (QED) is 0.723. The van der Waals surface area contributed by atoms with Crippen LogP contribution in [0.3, 0.4) is 0 Å². The minimum absolute atomic E-state index is 0.538. The summed E-state index contributed by atoms with van der Waals surface area (Å²) < 4.78 is 10.7. The summed E-state index contributed by atoms with van der Waals surface area (Å²) in [4.78, 5) is 13.3. The van der Waals surface area contributed by atoms with Crippen molar-refractivity contribution < 1.29 is 14.3 Å². The summed E-state index contributed by atoms with van der Waals surface area (Å²) in [5.41, 5.74) is 0.538. The Hall–Kier alpha value is -1.55. The lowest BCUT2D eigenvalue weighted by Crippen LogP contribution is -2.25. The van der Waals surface area contributed by atoms with Gasteiger partial charge in [-0.2, -0.15) is 0 Å². The predicted octanol–water partition coefficient (Wildman–Crippen LogP) is 1.98. The third-order valence-electron chi connectivity index (χ3n) is 3.21. The number of hydrogen-bond donors (Lipinski definition) is 0. The molecule has 0 saturated carbocycles. The highest BCUT2D eigenvalue weighted by molar-refractivity contribution is 5.80. The van der Waals surface area contributed by atoms with Crippen LogP contribution in [-0.2, 0) is 0 Å². The van der Waals surface area contributed by atoms with Gasteiger partial charge < -0.3 is 9.47 Å². The van der Waals surface area contributed by atoms with Crippen molar-refractivity contribution in [1.29, 1.82) is 0 Å². The van der Waals surface area contributed by atoms with E-state index in [9.17, 15) is 4.79 Å². The largest absolute Gasteiger partial charge is 0.497 e. The van der Waals surface area contributed by atoms with Crippen molar-refractivity contribution in [3.8, 4) is 11.5 Å². The van der Waals surface area contributed by atoms with Crippen molar-refractivity contribution in [3.05, 3.63) is 23.8 Å². The molecule has 1 aromatic carbocycles. The summed E-state index contributed by atoms with van der Waals surface area (Å²) in [7, 11) is 1.58. The maximum Gasteiger partial charge on any atom is 0.153 e. The zero-order valence-corrected chi connectivity index (χ0v) is 10.7. The Labute approximate surface area is 107 Å². The first-order chi connectivity index (χ1) is 8.83. The third kappa shape index (κ3) is 3.23. The van der Waals surface area contributed by atoms with Gasteiger partial charge in [-0.3, -0.25) is 9.69 Å². The van der Waals surface area contributed by atoms with E-state index in [0.717, 1.165) is 25.9 Å². The van der Waals surface area contributed by atoms with Crippen molar-refractivity contribution in [1.82, 2.24) is 4.90 Å². The fourth-order valence-electron chi connectivity index (χ4n) is 2.17. The van der Waals surface area contributed by atoms with Crippen LogP contribution in [0.2, 0.25) is 0 Å². The van der Waals surface area contributed by atoms with Crippen LogP contribution in [0.5, 0.6) is 11.5 Å². The van der Waals surface area contributed by atoms with E-state index in [4.69, 9.17) is 9.47 Å². The molecule has 1 fully saturated rings. The summed E-state index contributed by atoms with van der Waals surface area (Å²) in [6.45, 7) is 3.86. The number of hydrogen-bond acceptors (Lipinski definition) is 4. The van der Waals surface area contributed by atoms with Gasteiger partial charge in [0, 0.05) is 6.54 Å². The summed E-state index contributed by atoms with van der Waals surface area (Å²) >= 11 is 0. The average Bonchev–Trinajstić information content (AvgIpc) is 2.92. The lowest BCUT2D eigenvalue weighted by atomic mass is 10.2. The number of ether oxygens (including phenoxy) is 2. The molecule has 1 heterocycles. The molecular formula is C14H19NO3. The second-order valence-electron chi connectivity index (χ2n) is 4.42. The number of methoxy groups -OCH3 is 1. The van der Waals surface area contributed by atoms with Gasteiger partial charge >= 0.3 is 0 Å². The number of carbonyl (C=O) groups excluding carboxylic acids is 1. The van der Waals surface area contributed by atoms with Crippen LogP contribution >= 0.6 is 0 Å². The SMILES string of the molecule is COc1ccc(OCCN2CCCC2)c(C=O)c1. The Kier molecular flexibility index (Phi) is 4.59. The van der Waals surface area contributed by atoms with E-state index in [1.165, 1.54) is 12.8 Å². The van der Waals surface area contributed by atoms with Crippen molar-refractivity contribution in [3.63, 3.8) is 0 Å². The van der Waals surface area contributed by atoms with Gasteiger partial charge in [-0.25, -0.2) is 0 Å². The molecule has 0 unspecified atom stereocenters. The van der Waals surface area contributed by atoms with Crippen LogP contribution in [0, 0.1) is 0 Å². The van der Waals surface area contributed by atoms with Gasteiger partial charge in [-0.15, -0.1) is 0 Å². The number of likely N-dealkylation sites (tertiary alicyclic amines) is 1. The molecule has 4 heteroatoms. The first kappa shape index (κ1) is 12.9. The predicted molar refractivity (Wildman–Crippen MR) is 69.6 cm³/mol. The van der Waals surface area contributed by atoms with Crippen molar-refractivity contribution in [2.75, 3.05) is 33.4 Å². The monoisotopic (exact) mass is 249 g/mol. The van der Waals surface area contributed by atoms with Crippen LogP contribution in [0.25, 0.3) is 0 Å². The first-order valence-corrected chi connectivity index (χ1v) is 6.32. The molecule has 0 radical (unpaired) electrons. The molecule has 0 bridgehead atoms. The van der Waals surface area contributed by atoms with Crippen molar-refractivity contribution in [2.24, 2.45) is 0 Å². The topological polar surface area (TPSA) is 38.8 Å². The minimum atomic E-state index is 0.538. The molecule has 98 valence electrons. The van der Waals surface area contributed by atoms with Gasteiger partial charge in [0.15, 0.2) is 6.29 Å². The van der Waals surface area contributed by atoms with Crippen LogP contribution in [0.15, 0.2) is 18.2 Å². The number of carbonyl (C=O) groups is 1. The molecule has 0 spiro atoms. The van der Waals surface area contributed by atoms with E-state index in [0.29, 0.717) is 23.7 Å². The molecule has 0 atom stereocenters. The van der Waals surface area contributed by atoms with Gasteiger partial charge in [0.1, 0.15) is 18.1 Å². The first-order valence-electron chi connectivity index (χ1n) is 6.32. The van der Waals surface area contributed by atoms with Crippen LogP contribution in [0.1, 0.15) is 23.2 Å². The molecule has 1 aliphatic heterocycles. The van der Waals surface area contributed by atoms with E-state index in [1.807, 2.05) is 0 Å². The number of nitrogens with zero attached hydrogens (tertiary/aromatic N) is 1. The van der Waals surface area contributed by atoms with Gasteiger partial charge in [0.2, 0.25) is 0 Å². The molecule has 1 aliphatic rings. The van der Waals surface area contributed by atoms with Gasteiger partial charge in [0.25, 0.3) is 0 Å². The standard InChI is InChI=1S/C14H19NO3/c1-17-13-4-5-14(12(10-13)11-16)18-9-8-15-6-2-3-7-15/h4-5,10-11H,2-3,6-9H2,1H3. The van der Waals surface area contributed by atoms with Crippen LogP contribution < -0.4 is 9.47 Å². The zero-order valence-electron chi connectivity index (χ0n) is 10.7. The lowest BCUT2D eigenvalue weighted by Gasteiger charge is -2.15. The highest BCUT2D eigenvalue weighted by Crippen LogP contribution is 2.22. The molecular weight excluding hydrogens is 230 g/mol. The van der Waals surface area contributed by atoms with E-state index in [-0.39, 0.29) is 0 Å². The Morgan fingerprint density at radius 3 is 2.78 bits per heavy atom. The number of rotatable bonds is 6. The van der Waals surface area contributed by atoms with Gasteiger partial charge in [-0.05, 0) is 44.1 Å². The Balaban J connectivity index is 1.89. The highest BCUT2D eigenvalue weighted by Gasteiger charge is 2.11. The number of benzene rings is 1. The molecule has 0 aromatic heterocycles. The fourth-order valence-corrected chi connectivity index (χ4v) is 2.17. The fraction of sp³-hybridized carbons (Fsp3) is 0.500. The lowest BCUT2D eigenvalue weighted by molar-refractivity contribution is 0.111. The molecule has 0 aliphatic carbocycles. The van der Waals surface area contributed by atoms with Crippen LogP contribution in [0.4, 0.5) is 0 Å². The number of aldehydes is 1. The van der Waals surface area contributed by atoms with Gasteiger partial charge in [-0.1, -0.05) is 0 Å². The second kappa shape index (κ2) is 6.40. The minimum Gasteiger partial charge on any atom is -0.497 e.